The van der Waals surface area contributed by atoms with Crippen LogP contribution < -0.4 is 5.32 Å². The Labute approximate surface area is 253 Å². The highest BCUT2D eigenvalue weighted by atomic mass is 35.5. The maximum Gasteiger partial charge on any atom is 0.410 e. The van der Waals surface area contributed by atoms with E-state index in [-0.39, 0.29) is 38.2 Å². The molecule has 9 nitrogen and oxygen atoms in total. The van der Waals surface area contributed by atoms with Crippen LogP contribution in [0, 0.1) is 0 Å². The van der Waals surface area contributed by atoms with Crippen LogP contribution in [-0.4, -0.2) is 77.3 Å². The first-order chi connectivity index (χ1) is 20.3. The lowest BCUT2D eigenvalue weighted by Crippen LogP contribution is -2.60. The van der Waals surface area contributed by atoms with E-state index in [2.05, 4.69) is 5.32 Å². The standard InChI is InChI=1S/C31H30Cl2N4O5/c32-26-12-11-23(17-27(26)33)22-8-4-9-24(16-22)34-29(39)30(40)35-14-15-37(28(38)19-35)25-10-5-13-36(18-25)31(41)42-20-21-6-2-1-3-7-21/h1-4,6-9,11-12,16-17,25H,5,10,13-15,18-20H2,(H,34,39). The molecule has 218 valence electrons. The van der Waals surface area contributed by atoms with Crippen LogP contribution >= 0.6 is 23.2 Å². The summed E-state index contributed by atoms with van der Waals surface area (Å²) in [5.74, 6) is -1.86. The molecule has 0 spiro atoms. The van der Waals surface area contributed by atoms with Crippen molar-refractivity contribution in [3.63, 3.8) is 0 Å². The molecule has 1 unspecified atom stereocenters. The normalized spacial score (nSPS) is 17.1. The van der Waals surface area contributed by atoms with Crippen molar-refractivity contribution in [2.24, 2.45) is 0 Å². The molecule has 3 aromatic carbocycles. The second kappa shape index (κ2) is 13.3. The molecular formula is C31H30Cl2N4O5. The van der Waals surface area contributed by atoms with Gasteiger partial charge in [-0.25, -0.2) is 4.79 Å². The molecule has 0 aliphatic carbocycles. The number of piperidine rings is 1. The lowest BCUT2D eigenvalue weighted by molar-refractivity contribution is -0.151. The van der Waals surface area contributed by atoms with Crippen LogP contribution in [0.2, 0.25) is 10.0 Å². The Morgan fingerprint density at radius 1 is 0.857 bits per heavy atom. The van der Waals surface area contributed by atoms with E-state index in [9.17, 15) is 19.2 Å². The Morgan fingerprint density at radius 2 is 1.64 bits per heavy atom. The van der Waals surface area contributed by atoms with Gasteiger partial charge in [-0.15, -0.1) is 0 Å². The first-order valence-corrected chi connectivity index (χ1v) is 14.4. The van der Waals surface area contributed by atoms with Crippen molar-refractivity contribution in [1.82, 2.24) is 14.7 Å². The summed E-state index contributed by atoms with van der Waals surface area (Å²) in [6.07, 6.45) is 1.07. The molecule has 1 N–H and O–H groups in total. The largest absolute Gasteiger partial charge is 0.445 e. The number of benzene rings is 3. The number of anilines is 1. The Morgan fingerprint density at radius 3 is 2.40 bits per heavy atom. The molecule has 0 bridgehead atoms. The van der Waals surface area contributed by atoms with Crippen molar-refractivity contribution in [3.8, 4) is 11.1 Å². The quantitative estimate of drug-likeness (QED) is 0.408. The van der Waals surface area contributed by atoms with Gasteiger partial charge in [0.25, 0.3) is 0 Å². The zero-order chi connectivity index (χ0) is 29.6. The minimum Gasteiger partial charge on any atom is -0.445 e. The predicted molar refractivity (Wildman–Crippen MR) is 160 cm³/mol. The second-order valence-corrected chi connectivity index (χ2v) is 11.1. The van der Waals surface area contributed by atoms with E-state index in [4.69, 9.17) is 27.9 Å². The zero-order valence-electron chi connectivity index (χ0n) is 22.8. The Kier molecular flexibility index (Phi) is 9.29. The van der Waals surface area contributed by atoms with E-state index < -0.39 is 17.9 Å². The lowest BCUT2D eigenvalue weighted by atomic mass is 10.0. The number of nitrogens with zero attached hydrogens (tertiary/aromatic N) is 3. The number of piperazine rings is 1. The van der Waals surface area contributed by atoms with Gasteiger partial charge in [-0.3, -0.25) is 14.4 Å². The summed E-state index contributed by atoms with van der Waals surface area (Å²) >= 11 is 12.1. The monoisotopic (exact) mass is 608 g/mol. The summed E-state index contributed by atoms with van der Waals surface area (Å²) in [7, 11) is 0. The number of carbonyl (C=O) groups excluding carboxylic acids is 4. The number of amides is 4. The van der Waals surface area contributed by atoms with Crippen LogP contribution in [0.15, 0.2) is 72.8 Å². The number of likely N-dealkylation sites (tertiary alicyclic amines) is 1. The summed E-state index contributed by atoms with van der Waals surface area (Å²) in [5, 5.41) is 3.48. The van der Waals surface area contributed by atoms with Gasteiger partial charge in [0.2, 0.25) is 5.91 Å². The topological polar surface area (TPSA) is 99.3 Å². The number of hydrogen-bond donors (Lipinski definition) is 1. The van der Waals surface area contributed by atoms with Crippen LogP contribution in [-0.2, 0) is 25.7 Å². The first kappa shape index (κ1) is 29.4. The average molecular weight is 610 g/mol. The number of hydrogen-bond acceptors (Lipinski definition) is 5. The highest BCUT2D eigenvalue weighted by Gasteiger charge is 2.36. The van der Waals surface area contributed by atoms with Crippen LogP contribution in [0.25, 0.3) is 11.1 Å². The van der Waals surface area contributed by atoms with Gasteiger partial charge in [-0.05, 0) is 53.8 Å². The van der Waals surface area contributed by atoms with Gasteiger partial charge in [-0.1, -0.05) is 71.7 Å². The minimum atomic E-state index is -0.826. The van der Waals surface area contributed by atoms with Crippen molar-refractivity contribution < 1.29 is 23.9 Å². The molecule has 0 aromatic heterocycles. The molecule has 5 rings (SSSR count). The maximum absolute atomic E-state index is 13.1. The number of ether oxygens (including phenoxy) is 1. The molecule has 11 heteroatoms. The molecule has 0 radical (unpaired) electrons. The fourth-order valence-electron chi connectivity index (χ4n) is 5.21. The van der Waals surface area contributed by atoms with Gasteiger partial charge in [0.1, 0.15) is 13.2 Å². The number of halogens is 2. The zero-order valence-corrected chi connectivity index (χ0v) is 24.3. The van der Waals surface area contributed by atoms with Crippen molar-refractivity contribution in [3.05, 3.63) is 88.4 Å². The van der Waals surface area contributed by atoms with Crippen molar-refractivity contribution in [1.29, 1.82) is 0 Å². The van der Waals surface area contributed by atoms with Crippen LogP contribution in [0.1, 0.15) is 18.4 Å². The summed E-state index contributed by atoms with van der Waals surface area (Å²) in [6.45, 7) is 1.40. The number of rotatable bonds is 5. The Balaban J connectivity index is 1.13. The van der Waals surface area contributed by atoms with Crippen molar-refractivity contribution in [2.45, 2.75) is 25.5 Å². The van der Waals surface area contributed by atoms with Crippen LogP contribution in [0.3, 0.4) is 0 Å². The van der Waals surface area contributed by atoms with E-state index in [0.717, 1.165) is 29.5 Å². The molecule has 2 heterocycles. The molecule has 1 atom stereocenters. The maximum atomic E-state index is 13.1. The molecule has 2 fully saturated rings. The highest BCUT2D eigenvalue weighted by molar-refractivity contribution is 6.42. The number of carbonyl (C=O) groups is 4. The van der Waals surface area contributed by atoms with E-state index >= 15 is 0 Å². The fourth-order valence-corrected chi connectivity index (χ4v) is 5.51. The first-order valence-electron chi connectivity index (χ1n) is 13.7. The molecule has 2 saturated heterocycles. The molecule has 42 heavy (non-hydrogen) atoms. The smallest absolute Gasteiger partial charge is 0.410 e. The molecule has 0 saturated carbocycles. The summed E-state index contributed by atoms with van der Waals surface area (Å²) in [5.41, 5.74) is 2.93. The van der Waals surface area contributed by atoms with Gasteiger partial charge in [-0.2, -0.15) is 0 Å². The average Bonchev–Trinajstić information content (AvgIpc) is 3.01. The molecular weight excluding hydrogens is 579 g/mol. The fraction of sp³-hybridized carbons (Fsp3) is 0.290. The van der Waals surface area contributed by atoms with Crippen LogP contribution in [0.4, 0.5) is 10.5 Å². The predicted octanol–water partition coefficient (Wildman–Crippen LogP) is 5.07. The minimum absolute atomic E-state index is 0.175. The summed E-state index contributed by atoms with van der Waals surface area (Å²) < 4.78 is 5.47. The third-order valence-corrected chi connectivity index (χ3v) is 8.15. The van der Waals surface area contributed by atoms with Crippen LogP contribution in [0.5, 0.6) is 0 Å². The van der Waals surface area contributed by atoms with E-state index in [0.29, 0.717) is 28.8 Å². The Bertz CT molecular complexity index is 1490. The highest BCUT2D eigenvalue weighted by Crippen LogP contribution is 2.30. The van der Waals surface area contributed by atoms with Gasteiger partial charge in [0, 0.05) is 37.9 Å². The lowest BCUT2D eigenvalue weighted by Gasteiger charge is -2.42. The number of nitrogens with one attached hydrogen (secondary N) is 1. The van der Waals surface area contributed by atoms with Gasteiger partial charge in [0.15, 0.2) is 0 Å². The van der Waals surface area contributed by atoms with Crippen molar-refractivity contribution >= 4 is 52.7 Å². The third kappa shape index (κ3) is 7.03. The van der Waals surface area contributed by atoms with E-state index in [1.807, 2.05) is 42.5 Å². The second-order valence-electron chi connectivity index (χ2n) is 10.3. The molecule has 2 aliphatic heterocycles. The van der Waals surface area contributed by atoms with Gasteiger partial charge >= 0.3 is 17.9 Å². The SMILES string of the molecule is O=C(Nc1cccc(-c2ccc(Cl)c(Cl)c2)c1)C(=O)N1CCN(C2CCCN(C(=O)OCc3ccccc3)C2)C(=O)C1. The third-order valence-electron chi connectivity index (χ3n) is 7.41. The van der Waals surface area contributed by atoms with E-state index in [1.165, 1.54) is 4.90 Å². The van der Waals surface area contributed by atoms with Crippen molar-refractivity contribution in [2.75, 3.05) is 38.0 Å². The van der Waals surface area contributed by atoms with Gasteiger partial charge < -0.3 is 24.8 Å². The summed E-state index contributed by atoms with van der Waals surface area (Å²) in [4.78, 5) is 56.1. The summed E-state index contributed by atoms with van der Waals surface area (Å²) in [6, 6.07) is 21.5. The molecule has 3 aromatic rings. The van der Waals surface area contributed by atoms with Gasteiger partial charge in [0.05, 0.1) is 10.0 Å². The van der Waals surface area contributed by atoms with E-state index in [1.54, 1.807) is 40.1 Å². The Hall–Kier alpha value is -4.08. The molecule has 2 aliphatic rings. The molecule has 4 amide bonds.